The Kier molecular flexibility index (Phi) is 7.80. The van der Waals surface area contributed by atoms with Crippen molar-refractivity contribution >= 4 is 65.6 Å². The summed E-state index contributed by atoms with van der Waals surface area (Å²) >= 11 is 0. The molecule has 0 spiro atoms. The van der Waals surface area contributed by atoms with E-state index in [0.29, 0.717) is 17.6 Å². The van der Waals surface area contributed by atoms with Gasteiger partial charge >= 0.3 is 0 Å². The molecule has 0 saturated carbocycles. The number of rotatable bonds is 6. The molecule has 0 bridgehead atoms. The minimum absolute atomic E-state index is 0.549. The second-order valence-electron chi connectivity index (χ2n) is 16.0. The molecule has 0 fully saturated rings. The van der Waals surface area contributed by atoms with E-state index < -0.39 is 0 Å². The van der Waals surface area contributed by atoms with E-state index >= 15 is 0 Å². The summed E-state index contributed by atoms with van der Waals surface area (Å²) in [4.78, 5) is 15.7. The normalized spacial score (nSPS) is 11.8. The third-order valence-corrected chi connectivity index (χ3v) is 12.4. The van der Waals surface area contributed by atoms with Crippen molar-refractivity contribution < 1.29 is 4.42 Å². The zero-order valence-corrected chi connectivity index (χ0v) is 33.9. The molecule has 0 aliphatic heterocycles. The highest BCUT2D eigenvalue weighted by atomic mass is 16.3. The number of para-hydroxylation sites is 3. The molecule has 63 heavy (non-hydrogen) atoms. The van der Waals surface area contributed by atoms with Gasteiger partial charge in [0.25, 0.3) is 0 Å². The van der Waals surface area contributed by atoms with E-state index in [-0.39, 0.29) is 0 Å². The van der Waals surface area contributed by atoms with Crippen molar-refractivity contribution in [3.05, 3.63) is 212 Å². The van der Waals surface area contributed by atoms with Gasteiger partial charge in [-0.05, 0) is 77.4 Å². The maximum Gasteiger partial charge on any atom is 0.238 e. The lowest BCUT2D eigenvalue weighted by molar-refractivity contribution is 0.669. The fourth-order valence-corrected chi connectivity index (χ4v) is 9.47. The van der Waals surface area contributed by atoms with E-state index in [4.69, 9.17) is 19.4 Å². The van der Waals surface area contributed by atoms with Gasteiger partial charge in [0.1, 0.15) is 11.2 Å². The van der Waals surface area contributed by atoms with Crippen LogP contribution in [-0.4, -0.2) is 24.1 Å². The third-order valence-electron chi connectivity index (χ3n) is 12.4. The highest BCUT2D eigenvalue weighted by Crippen LogP contribution is 2.42. The Balaban J connectivity index is 1.08. The number of furan rings is 1. The van der Waals surface area contributed by atoms with Crippen molar-refractivity contribution in [3.63, 3.8) is 0 Å². The Labute approximate surface area is 361 Å². The van der Waals surface area contributed by atoms with Crippen LogP contribution in [0.3, 0.4) is 0 Å². The van der Waals surface area contributed by atoms with E-state index in [9.17, 15) is 0 Å². The highest BCUT2D eigenvalue weighted by Gasteiger charge is 2.23. The Morgan fingerprint density at radius 2 is 0.825 bits per heavy atom. The van der Waals surface area contributed by atoms with Crippen molar-refractivity contribution in [2.24, 2.45) is 0 Å². The predicted molar refractivity (Wildman–Crippen MR) is 258 cm³/mol. The predicted octanol–water partition coefficient (Wildman–Crippen LogP) is 14.6. The zero-order valence-electron chi connectivity index (χ0n) is 33.9. The van der Waals surface area contributed by atoms with Gasteiger partial charge < -0.3 is 8.98 Å². The summed E-state index contributed by atoms with van der Waals surface area (Å²) in [6.45, 7) is 0. The van der Waals surface area contributed by atoms with Crippen LogP contribution in [-0.2, 0) is 0 Å². The van der Waals surface area contributed by atoms with Gasteiger partial charge in [0, 0.05) is 49.0 Å². The van der Waals surface area contributed by atoms with Crippen LogP contribution < -0.4 is 0 Å². The van der Waals surface area contributed by atoms with Crippen LogP contribution in [0.15, 0.2) is 217 Å². The summed E-state index contributed by atoms with van der Waals surface area (Å²) < 4.78 is 10.9. The molecule has 0 aliphatic rings. The van der Waals surface area contributed by atoms with Gasteiger partial charge in [-0.3, -0.25) is 4.57 Å². The summed E-state index contributed by atoms with van der Waals surface area (Å²) in [5, 5.41) is 6.61. The fourth-order valence-electron chi connectivity index (χ4n) is 9.47. The molecule has 0 atom stereocenters. The first-order valence-electron chi connectivity index (χ1n) is 21.2. The molecule has 6 heteroatoms. The lowest BCUT2D eigenvalue weighted by Crippen LogP contribution is -2.06. The molecule has 0 radical (unpaired) electrons. The van der Waals surface area contributed by atoms with Crippen LogP contribution in [0.2, 0.25) is 0 Å². The first kappa shape index (κ1) is 35.2. The topological polar surface area (TPSA) is 61.7 Å². The Morgan fingerprint density at radius 1 is 0.302 bits per heavy atom. The standard InChI is InChI=1S/C57H35N5O/c1-4-16-36(17-5-1)39-28-30-50(44(32-39)37-18-6-2-7-19-37)61-48-25-13-10-22-41(48)45-35-52-46(34-51(45)61)42-23-11-14-26-49(42)62(52)57-59-55(38-20-8-3-9-21-38)58-56(60-57)40-29-31-54-47(33-40)43-24-12-15-27-53(43)63-54/h1-35H. The number of benzene rings is 9. The first-order chi connectivity index (χ1) is 31.2. The fraction of sp³-hybridized carbons (Fsp3) is 0. The lowest BCUT2D eigenvalue weighted by atomic mass is 9.97. The van der Waals surface area contributed by atoms with Crippen LogP contribution in [0.1, 0.15) is 0 Å². The van der Waals surface area contributed by atoms with Gasteiger partial charge in [-0.25, -0.2) is 4.98 Å². The Bertz CT molecular complexity index is 3900. The molecule has 0 saturated heterocycles. The molecule has 6 nitrogen and oxygen atoms in total. The maximum absolute atomic E-state index is 6.20. The molecule has 0 N–H and O–H groups in total. The molecular weight excluding hydrogens is 771 g/mol. The van der Waals surface area contributed by atoms with Crippen molar-refractivity contribution in [1.82, 2.24) is 24.1 Å². The quantitative estimate of drug-likeness (QED) is 0.168. The van der Waals surface area contributed by atoms with Gasteiger partial charge in [0.2, 0.25) is 5.95 Å². The largest absolute Gasteiger partial charge is 0.456 e. The molecule has 4 heterocycles. The molecule has 0 aliphatic carbocycles. The van der Waals surface area contributed by atoms with E-state index in [1.807, 2.05) is 48.5 Å². The number of hydrogen-bond donors (Lipinski definition) is 0. The Hall–Kier alpha value is -8.61. The molecule has 294 valence electrons. The third kappa shape index (κ3) is 5.62. The van der Waals surface area contributed by atoms with Crippen LogP contribution in [0, 0.1) is 0 Å². The number of hydrogen-bond acceptors (Lipinski definition) is 4. The maximum atomic E-state index is 6.20. The van der Waals surface area contributed by atoms with Crippen molar-refractivity contribution in [1.29, 1.82) is 0 Å². The van der Waals surface area contributed by atoms with Crippen LogP contribution in [0.4, 0.5) is 0 Å². The summed E-state index contributed by atoms with van der Waals surface area (Å²) in [6, 6.07) is 74.7. The molecular formula is C57H35N5O. The minimum atomic E-state index is 0.549. The van der Waals surface area contributed by atoms with Crippen LogP contribution in [0.25, 0.3) is 122 Å². The van der Waals surface area contributed by atoms with Gasteiger partial charge in [0.15, 0.2) is 11.6 Å². The molecule has 13 aromatic rings. The van der Waals surface area contributed by atoms with Gasteiger partial charge in [-0.15, -0.1) is 0 Å². The lowest BCUT2D eigenvalue weighted by Gasteiger charge is -2.16. The SMILES string of the molecule is c1ccc(-c2ccc(-n3c4ccccc4c4cc5c(cc43)c3ccccc3n5-c3nc(-c4ccccc4)nc(-c4ccc5oc6ccccc6c5c4)n3)c(-c3ccccc3)c2)cc1. The summed E-state index contributed by atoms with van der Waals surface area (Å²) in [7, 11) is 0. The Morgan fingerprint density at radius 3 is 1.52 bits per heavy atom. The van der Waals surface area contributed by atoms with E-state index in [0.717, 1.165) is 88.1 Å². The molecule has 0 amide bonds. The summed E-state index contributed by atoms with van der Waals surface area (Å²) in [5.74, 6) is 1.74. The van der Waals surface area contributed by atoms with Crippen molar-refractivity contribution in [3.8, 4) is 56.7 Å². The summed E-state index contributed by atoms with van der Waals surface area (Å²) in [6.07, 6.45) is 0. The van der Waals surface area contributed by atoms with Gasteiger partial charge in [0.05, 0.1) is 27.8 Å². The average Bonchev–Trinajstić information content (AvgIpc) is 4.01. The van der Waals surface area contributed by atoms with Gasteiger partial charge in [-0.2, -0.15) is 9.97 Å². The second kappa shape index (κ2) is 14.0. The van der Waals surface area contributed by atoms with E-state index in [2.05, 4.69) is 173 Å². The number of nitrogens with zero attached hydrogens (tertiary/aromatic N) is 5. The highest BCUT2D eigenvalue weighted by molar-refractivity contribution is 6.19. The van der Waals surface area contributed by atoms with E-state index in [1.165, 1.54) is 16.5 Å². The van der Waals surface area contributed by atoms with Crippen molar-refractivity contribution in [2.45, 2.75) is 0 Å². The van der Waals surface area contributed by atoms with Crippen molar-refractivity contribution in [2.75, 3.05) is 0 Å². The molecule has 0 unspecified atom stereocenters. The van der Waals surface area contributed by atoms with Gasteiger partial charge in [-0.1, -0.05) is 152 Å². The van der Waals surface area contributed by atoms with Crippen LogP contribution >= 0.6 is 0 Å². The molecule has 13 rings (SSSR count). The first-order valence-corrected chi connectivity index (χ1v) is 21.2. The molecule has 9 aromatic carbocycles. The van der Waals surface area contributed by atoms with E-state index in [1.54, 1.807) is 0 Å². The second-order valence-corrected chi connectivity index (χ2v) is 16.0. The number of fused-ring (bicyclic) bond motifs is 9. The average molecular weight is 806 g/mol. The minimum Gasteiger partial charge on any atom is -0.456 e. The smallest absolute Gasteiger partial charge is 0.238 e. The molecule has 4 aromatic heterocycles. The zero-order chi connectivity index (χ0) is 41.4. The van der Waals surface area contributed by atoms with Crippen LogP contribution in [0.5, 0.6) is 0 Å². The monoisotopic (exact) mass is 805 g/mol. The number of aromatic nitrogens is 5. The summed E-state index contributed by atoms with van der Waals surface area (Å²) in [5.41, 5.74) is 13.6.